The maximum Gasteiger partial charge on any atom is 0.410 e. The minimum Gasteiger partial charge on any atom is -0.395 e. The quantitative estimate of drug-likeness (QED) is 0.337. The van der Waals surface area contributed by atoms with Crippen LogP contribution < -0.4 is 11.1 Å². The summed E-state index contributed by atoms with van der Waals surface area (Å²) in [6, 6.07) is 3.62. The van der Waals surface area contributed by atoms with E-state index in [1.165, 1.54) is 38.1 Å². The highest BCUT2D eigenvalue weighted by molar-refractivity contribution is 9.10. The number of aliphatic hydroxyl groups is 1. The van der Waals surface area contributed by atoms with Crippen LogP contribution in [0.3, 0.4) is 0 Å². The van der Waals surface area contributed by atoms with Crippen molar-refractivity contribution in [2.75, 3.05) is 6.61 Å². The maximum atomic E-state index is 14.3. The van der Waals surface area contributed by atoms with Gasteiger partial charge in [0.15, 0.2) is 0 Å². The zero-order valence-corrected chi connectivity index (χ0v) is 17.5. The van der Waals surface area contributed by atoms with Gasteiger partial charge >= 0.3 is 6.18 Å². The third-order valence-electron chi connectivity index (χ3n) is 4.48. The molecule has 4 nitrogen and oxygen atoms in total. The van der Waals surface area contributed by atoms with Gasteiger partial charge < -0.3 is 15.6 Å². The van der Waals surface area contributed by atoms with Crippen molar-refractivity contribution in [3.63, 3.8) is 0 Å². The standard InChI is InChI=1S/C19H27BrF4N2O2/c1-17(2,21)10-16(12-28)26-18(19(22,23)24,9-3-4-15(25)11-27)13-5-7-14(20)8-6-13/h5-8,12,15-16,26-27H,3-4,9-11,25H2,1-2H3/t15-,16-,18-/m0/s1. The Morgan fingerprint density at radius 2 is 1.79 bits per heavy atom. The average Bonchev–Trinajstić information content (AvgIpc) is 2.58. The van der Waals surface area contributed by atoms with E-state index >= 15 is 0 Å². The number of aldehydes is 1. The summed E-state index contributed by atoms with van der Waals surface area (Å²) in [5, 5.41) is 11.4. The molecule has 0 aromatic heterocycles. The molecule has 0 fully saturated rings. The fraction of sp³-hybridized carbons (Fsp3) is 0.632. The summed E-state index contributed by atoms with van der Waals surface area (Å²) in [7, 11) is 0. The van der Waals surface area contributed by atoms with Crippen LogP contribution in [-0.2, 0) is 10.3 Å². The fourth-order valence-electron chi connectivity index (χ4n) is 3.11. The molecule has 0 spiro atoms. The number of hydrogen-bond donors (Lipinski definition) is 3. The van der Waals surface area contributed by atoms with Gasteiger partial charge in [-0.3, -0.25) is 5.32 Å². The maximum absolute atomic E-state index is 14.3. The molecule has 0 aliphatic rings. The Labute approximate surface area is 171 Å². The largest absolute Gasteiger partial charge is 0.410 e. The van der Waals surface area contributed by atoms with Crippen LogP contribution in [0.2, 0.25) is 0 Å². The zero-order chi connectivity index (χ0) is 21.6. The molecule has 0 heterocycles. The normalized spacial score (nSPS) is 17.0. The molecule has 0 aliphatic carbocycles. The van der Waals surface area contributed by atoms with Crippen molar-refractivity contribution in [1.82, 2.24) is 5.32 Å². The zero-order valence-electron chi connectivity index (χ0n) is 15.9. The Bertz CT molecular complexity index is 620. The molecule has 0 amide bonds. The molecule has 1 rings (SSSR count). The number of rotatable bonds is 11. The highest BCUT2D eigenvalue weighted by Gasteiger charge is 2.56. The topological polar surface area (TPSA) is 75.4 Å². The Morgan fingerprint density at radius 3 is 2.21 bits per heavy atom. The van der Waals surface area contributed by atoms with E-state index in [0.717, 1.165) is 0 Å². The summed E-state index contributed by atoms with van der Waals surface area (Å²) in [5.74, 6) is 0. The van der Waals surface area contributed by atoms with E-state index in [0.29, 0.717) is 10.8 Å². The third-order valence-corrected chi connectivity index (χ3v) is 5.01. The SMILES string of the molecule is CC(C)(F)C[C@@H](C=O)N[C@@](CCC[C@H](N)CO)(c1ccc(Br)cc1)C(F)(F)F. The van der Waals surface area contributed by atoms with Gasteiger partial charge in [-0.15, -0.1) is 0 Å². The molecule has 0 aliphatic heterocycles. The van der Waals surface area contributed by atoms with Crippen LogP contribution in [0.15, 0.2) is 28.7 Å². The first-order valence-electron chi connectivity index (χ1n) is 8.96. The minimum atomic E-state index is -4.76. The molecule has 160 valence electrons. The predicted octanol–water partition coefficient (Wildman–Crippen LogP) is 3.99. The number of nitrogens with one attached hydrogen (secondary N) is 1. The van der Waals surface area contributed by atoms with E-state index < -0.39 is 42.3 Å². The smallest absolute Gasteiger partial charge is 0.395 e. The highest BCUT2D eigenvalue weighted by Crippen LogP contribution is 2.44. The lowest BCUT2D eigenvalue weighted by Crippen LogP contribution is -2.58. The molecule has 0 unspecified atom stereocenters. The molecule has 1 aromatic rings. The highest BCUT2D eigenvalue weighted by atomic mass is 79.9. The lowest BCUT2D eigenvalue weighted by atomic mass is 9.82. The van der Waals surface area contributed by atoms with Crippen LogP contribution in [0.4, 0.5) is 17.6 Å². The van der Waals surface area contributed by atoms with Crippen LogP contribution in [0.25, 0.3) is 0 Å². The van der Waals surface area contributed by atoms with Gasteiger partial charge in [0.2, 0.25) is 0 Å². The van der Waals surface area contributed by atoms with Crippen LogP contribution in [0, 0.1) is 0 Å². The Kier molecular flexibility index (Phi) is 9.05. The summed E-state index contributed by atoms with van der Waals surface area (Å²) in [4.78, 5) is 11.4. The summed E-state index contributed by atoms with van der Waals surface area (Å²) < 4.78 is 57.6. The molecule has 0 radical (unpaired) electrons. The van der Waals surface area contributed by atoms with Gasteiger partial charge in [0.1, 0.15) is 17.5 Å². The van der Waals surface area contributed by atoms with E-state index in [9.17, 15) is 22.4 Å². The monoisotopic (exact) mass is 470 g/mol. The lowest BCUT2D eigenvalue weighted by molar-refractivity contribution is -0.206. The minimum absolute atomic E-state index is 0.0505. The Morgan fingerprint density at radius 1 is 1.21 bits per heavy atom. The number of halogens is 5. The van der Waals surface area contributed by atoms with Crippen molar-refractivity contribution in [3.05, 3.63) is 34.3 Å². The number of carbonyl (C=O) groups excluding carboxylic acids is 1. The number of hydrogen-bond acceptors (Lipinski definition) is 4. The van der Waals surface area contributed by atoms with Crippen molar-refractivity contribution >= 4 is 22.2 Å². The predicted molar refractivity (Wildman–Crippen MR) is 104 cm³/mol. The molecule has 0 bridgehead atoms. The lowest BCUT2D eigenvalue weighted by Gasteiger charge is -2.40. The van der Waals surface area contributed by atoms with E-state index in [1.807, 2.05) is 0 Å². The molecule has 1 aromatic carbocycles. The molecule has 9 heteroatoms. The van der Waals surface area contributed by atoms with Crippen molar-refractivity contribution in [2.24, 2.45) is 5.73 Å². The number of nitrogens with two attached hydrogens (primary N) is 1. The second-order valence-electron chi connectivity index (χ2n) is 7.55. The van der Waals surface area contributed by atoms with Gasteiger partial charge in [0, 0.05) is 16.9 Å². The van der Waals surface area contributed by atoms with Crippen LogP contribution in [0.5, 0.6) is 0 Å². The van der Waals surface area contributed by atoms with Crippen LogP contribution >= 0.6 is 15.9 Å². The van der Waals surface area contributed by atoms with E-state index in [1.54, 1.807) is 0 Å². The van der Waals surface area contributed by atoms with E-state index in [2.05, 4.69) is 21.2 Å². The Balaban J connectivity index is 3.34. The average molecular weight is 471 g/mol. The number of alkyl halides is 4. The molecule has 4 N–H and O–H groups in total. The molecule has 3 atom stereocenters. The van der Waals surface area contributed by atoms with E-state index in [-0.39, 0.29) is 25.0 Å². The fourth-order valence-corrected chi connectivity index (χ4v) is 3.38. The molecule has 28 heavy (non-hydrogen) atoms. The van der Waals surface area contributed by atoms with E-state index in [4.69, 9.17) is 10.8 Å². The first kappa shape index (κ1) is 25.0. The van der Waals surface area contributed by atoms with Crippen molar-refractivity contribution in [3.8, 4) is 0 Å². The summed E-state index contributed by atoms with van der Waals surface area (Å²) in [6.45, 7) is 2.08. The third kappa shape index (κ3) is 7.09. The molecule has 0 saturated carbocycles. The number of aliphatic hydroxyl groups excluding tert-OH is 1. The first-order valence-corrected chi connectivity index (χ1v) is 9.75. The second kappa shape index (κ2) is 10.1. The van der Waals surface area contributed by atoms with Gasteiger partial charge in [-0.1, -0.05) is 28.1 Å². The molecular weight excluding hydrogens is 444 g/mol. The van der Waals surface area contributed by atoms with Gasteiger partial charge in [0.25, 0.3) is 0 Å². The van der Waals surface area contributed by atoms with Crippen molar-refractivity contribution in [1.29, 1.82) is 0 Å². The van der Waals surface area contributed by atoms with Gasteiger partial charge in [-0.05, 0) is 50.8 Å². The van der Waals surface area contributed by atoms with Gasteiger partial charge in [-0.25, -0.2) is 4.39 Å². The van der Waals surface area contributed by atoms with Crippen LogP contribution in [-0.4, -0.2) is 41.9 Å². The van der Waals surface area contributed by atoms with Crippen molar-refractivity contribution in [2.45, 2.75) is 69.0 Å². The van der Waals surface area contributed by atoms with Gasteiger partial charge in [-0.2, -0.15) is 13.2 Å². The first-order chi connectivity index (χ1) is 12.8. The summed E-state index contributed by atoms with van der Waals surface area (Å²) in [6.07, 6.45) is -5.04. The van der Waals surface area contributed by atoms with Crippen LogP contribution in [0.1, 0.15) is 45.1 Å². The summed E-state index contributed by atoms with van der Waals surface area (Å²) >= 11 is 3.20. The molecular formula is C19H27BrF4N2O2. The van der Waals surface area contributed by atoms with Crippen molar-refractivity contribution < 1.29 is 27.5 Å². The second-order valence-corrected chi connectivity index (χ2v) is 8.47. The number of benzene rings is 1. The summed E-state index contributed by atoms with van der Waals surface area (Å²) in [5.41, 5.74) is 1.16. The van der Waals surface area contributed by atoms with Gasteiger partial charge in [0.05, 0.1) is 12.6 Å². The number of carbonyl (C=O) groups is 1. The Hall–Kier alpha value is -1.03. The molecule has 0 saturated heterocycles.